The summed E-state index contributed by atoms with van der Waals surface area (Å²) in [6.07, 6.45) is 5.47. The summed E-state index contributed by atoms with van der Waals surface area (Å²) in [5, 5.41) is 14.3. The highest BCUT2D eigenvalue weighted by atomic mass is 28.3. The summed E-state index contributed by atoms with van der Waals surface area (Å²) in [4.78, 5) is 31.1. The summed E-state index contributed by atoms with van der Waals surface area (Å²) < 4.78 is 28.4. The Bertz CT molecular complexity index is 1470. The second-order valence-electron chi connectivity index (χ2n) is 13.9. The van der Waals surface area contributed by atoms with Crippen molar-refractivity contribution in [3.63, 3.8) is 0 Å². The minimum Gasteiger partial charge on any atom is -0.364 e. The van der Waals surface area contributed by atoms with Gasteiger partial charge in [0.1, 0.15) is 30.4 Å². The molecule has 0 aliphatic heterocycles. The van der Waals surface area contributed by atoms with E-state index < -0.39 is 31.9 Å². The van der Waals surface area contributed by atoms with Crippen molar-refractivity contribution in [3.8, 4) is 11.1 Å². The van der Waals surface area contributed by atoms with Crippen LogP contribution in [0.1, 0.15) is 86.7 Å². The van der Waals surface area contributed by atoms with Gasteiger partial charge in [0.25, 0.3) is 5.91 Å². The SMILES string of the molecule is CCc1c(-c2ccc(NC(=O)[C@@H](NC(=O)c3conc3C(C)C)C3CCC(C)CC3)nc2F)c(C)nn1COCC[Si](C)(C)C. The van der Waals surface area contributed by atoms with E-state index in [9.17, 15) is 9.59 Å². The molecule has 3 aromatic rings. The van der Waals surface area contributed by atoms with Crippen LogP contribution in [-0.2, 0) is 22.7 Å². The summed E-state index contributed by atoms with van der Waals surface area (Å²) in [6, 6.07) is 3.45. The summed E-state index contributed by atoms with van der Waals surface area (Å²) >= 11 is 0. The molecule has 1 fully saturated rings. The number of pyridine rings is 1. The Hall–Kier alpha value is -3.38. The van der Waals surface area contributed by atoms with E-state index in [1.807, 2.05) is 27.7 Å². The van der Waals surface area contributed by atoms with Gasteiger partial charge in [0.2, 0.25) is 11.9 Å². The van der Waals surface area contributed by atoms with Gasteiger partial charge in [0, 0.05) is 31.5 Å². The van der Waals surface area contributed by atoms with Gasteiger partial charge in [-0.15, -0.1) is 0 Å². The van der Waals surface area contributed by atoms with Gasteiger partial charge < -0.3 is 19.9 Å². The molecule has 2 amide bonds. The highest BCUT2D eigenvalue weighted by molar-refractivity contribution is 6.76. The van der Waals surface area contributed by atoms with Gasteiger partial charge in [0.05, 0.1) is 11.4 Å². The molecule has 4 rings (SSSR count). The second kappa shape index (κ2) is 14.8. The summed E-state index contributed by atoms with van der Waals surface area (Å²) in [5.74, 6) is -1.00. The van der Waals surface area contributed by atoms with Crippen LogP contribution < -0.4 is 10.6 Å². The normalized spacial score (nSPS) is 17.8. The molecule has 12 heteroatoms. The van der Waals surface area contributed by atoms with Gasteiger partial charge in [-0.25, -0.2) is 9.67 Å². The van der Waals surface area contributed by atoms with Crippen LogP contribution in [-0.4, -0.2) is 52.5 Å². The van der Waals surface area contributed by atoms with Crippen molar-refractivity contribution in [1.82, 2.24) is 25.2 Å². The number of nitrogens with one attached hydrogen (secondary N) is 2. The first-order valence-electron chi connectivity index (χ1n) is 16.2. The van der Waals surface area contributed by atoms with Crippen LogP contribution in [0.5, 0.6) is 0 Å². The number of carbonyl (C=O) groups is 2. The molecule has 45 heavy (non-hydrogen) atoms. The standard InChI is InChI=1S/C33H49FN6O4Si/c1-9-26-28(22(5)38-40(26)19-43-16-17-45(6,7)8)24-14-15-27(35-31(24)34)36-33(42)30(23-12-10-21(4)11-13-23)37-32(41)25-18-44-39-29(25)20(2)3/h14-15,18,20-21,23,30H,9-13,16-17,19H2,1-8H3,(H,37,41)(H,35,36,42)/t21?,23?,30-/m0/s1. The number of carbonyl (C=O) groups excluding carboxylic acids is 2. The topological polar surface area (TPSA) is 124 Å². The Morgan fingerprint density at radius 3 is 2.51 bits per heavy atom. The minimum absolute atomic E-state index is 0.0237. The second-order valence-corrected chi connectivity index (χ2v) is 19.5. The average Bonchev–Trinajstić information content (AvgIpc) is 3.59. The summed E-state index contributed by atoms with van der Waals surface area (Å²) in [5.41, 5.74) is 3.39. The molecule has 246 valence electrons. The Kier molecular flexibility index (Phi) is 11.3. The van der Waals surface area contributed by atoms with Crippen LogP contribution in [0.2, 0.25) is 25.7 Å². The van der Waals surface area contributed by atoms with Crippen LogP contribution in [0.4, 0.5) is 10.2 Å². The van der Waals surface area contributed by atoms with Crippen molar-refractivity contribution in [3.05, 3.63) is 47.0 Å². The molecule has 1 saturated carbocycles. The van der Waals surface area contributed by atoms with Crippen LogP contribution in [0, 0.1) is 24.7 Å². The predicted molar refractivity (Wildman–Crippen MR) is 175 cm³/mol. The molecule has 0 saturated heterocycles. The number of halogens is 1. The van der Waals surface area contributed by atoms with Crippen LogP contribution in [0.25, 0.3) is 11.1 Å². The van der Waals surface area contributed by atoms with Gasteiger partial charge in [-0.05, 0) is 62.1 Å². The van der Waals surface area contributed by atoms with E-state index in [2.05, 4.69) is 52.4 Å². The third kappa shape index (κ3) is 8.66. The molecule has 1 aliphatic rings. The van der Waals surface area contributed by atoms with E-state index in [1.54, 1.807) is 16.8 Å². The smallest absolute Gasteiger partial charge is 0.257 e. The van der Waals surface area contributed by atoms with Gasteiger partial charge >= 0.3 is 0 Å². The molecule has 3 heterocycles. The molecule has 10 nitrogen and oxygen atoms in total. The highest BCUT2D eigenvalue weighted by Crippen LogP contribution is 2.33. The molecule has 0 bridgehead atoms. The predicted octanol–water partition coefficient (Wildman–Crippen LogP) is 6.94. The molecule has 0 spiro atoms. The summed E-state index contributed by atoms with van der Waals surface area (Å²) in [7, 11) is -1.22. The van der Waals surface area contributed by atoms with E-state index in [-0.39, 0.29) is 17.7 Å². The quantitative estimate of drug-likeness (QED) is 0.118. The number of hydrogen-bond donors (Lipinski definition) is 2. The summed E-state index contributed by atoms with van der Waals surface area (Å²) in [6.45, 7) is 17.8. The minimum atomic E-state index is -1.22. The maximum atomic E-state index is 15.6. The zero-order valence-corrected chi connectivity index (χ0v) is 29.0. The van der Waals surface area contributed by atoms with Gasteiger partial charge in [-0.3, -0.25) is 9.59 Å². The molecular weight excluding hydrogens is 591 g/mol. The fourth-order valence-corrected chi connectivity index (χ4v) is 6.69. The lowest BCUT2D eigenvalue weighted by Crippen LogP contribution is -2.49. The molecule has 0 aromatic carbocycles. The van der Waals surface area contributed by atoms with Crippen molar-refractivity contribution in [2.45, 2.75) is 111 Å². The number of hydrogen-bond acceptors (Lipinski definition) is 7. The van der Waals surface area contributed by atoms with Crippen LogP contribution in [0.3, 0.4) is 0 Å². The number of rotatable bonds is 13. The zero-order valence-electron chi connectivity index (χ0n) is 28.0. The van der Waals surface area contributed by atoms with Crippen molar-refractivity contribution in [1.29, 1.82) is 0 Å². The average molecular weight is 641 g/mol. The first-order chi connectivity index (χ1) is 21.3. The Labute approximate surface area is 266 Å². The highest BCUT2D eigenvalue weighted by Gasteiger charge is 2.34. The third-order valence-corrected chi connectivity index (χ3v) is 10.3. The molecule has 1 aliphatic carbocycles. The van der Waals surface area contributed by atoms with Gasteiger partial charge in [0.15, 0.2) is 0 Å². The molecule has 0 radical (unpaired) electrons. The fourth-order valence-electron chi connectivity index (χ4n) is 5.94. The third-order valence-electron chi connectivity index (χ3n) is 8.64. The van der Waals surface area contributed by atoms with E-state index in [1.165, 1.54) is 6.26 Å². The van der Waals surface area contributed by atoms with E-state index >= 15 is 4.39 Å². The van der Waals surface area contributed by atoms with E-state index in [0.29, 0.717) is 53.8 Å². The van der Waals surface area contributed by atoms with Crippen molar-refractivity contribution < 1.29 is 23.2 Å². The van der Waals surface area contributed by atoms with Gasteiger partial charge in [-0.1, -0.05) is 65.3 Å². The number of amides is 2. The van der Waals surface area contributed by atoms with Crippen molar-refractivity contribution in [2.24, 2.45) is 11.8 Å². The molecule has 0 unspecified atom stereocenters. The fraction of sp³-hybridized carbons (Fsp3) is 0.606. The van der Waals surface area contributed by atoms with Crippen LogP contribution in [0.15, 0.2) is 22.9 Å². The van der Waals surface area contributed by atoms with Crippen molar-refractivity contribution in [2.75, 3.05) is 11.9 Å². The van der Waals surface area contributed by atoms with Gasteiger partial charge in [-0.2, -0.15) is 9.49 Å². The number of nitrogens with zero attached hydrogens (tertiary/aromatic N) is 4. The maximum absolute atomic E-state index is 15.6. The Morgan fingerprint density at radius 1 is 1.18 bits per heavy atom. The Morgan fingerprint density at radius 2 is 1.89 bits per heavy atom. The number of aromatic nitrogens is 4. The number of anilines is 1. The largest absolute Gasteiger partial charge is 0.364 e. The molecule has 2 N–H and O–H groups in total. The van der Waals surface area contributed by atoms with Crippen LogP contribution >= 0.6 is 0 Å². The van der Waals surface area contributed by atoms with Crippen molar-refractivity contribution >= 4 is 25.7 Å². The zero-order chi connectivity index (χ0) is 32.9. The molecule has 3 aromatic heterocycles. The number of aryl methyl sites for hydroxylation is 1. The lowest BCUT2D eigenvalue weighted by Gasteiger charge is -2.32. The Balaban J connectivity index is 1.52. The molecular formula is C33H49FN6O4Si. The first-order valence-corrected chi connectivity index (χ1v) is 19.9. The molecule has 1 atom stereocenters. The lowest BCUT2D eigenvalue weighted by molar-refractivity contribution is -0.119. The van der Waals surface area contributed by atoms with E-state index in [0.717, 1.165) is 37.4 Å². The first kappa shape index (κ1) is 34.5. The number of ether oxygens (including phenoxy) is 1. The van der Waals surface area contributed by atoms with E-state index in [4.69, 9.17) is 9.26 Å². The monoisotopic (exact) mass is 640 g/mol. The lowest BCUT2D eigenvalue weighted by atomic mass is 9.79. The maximum Gasteiger partial charge on any atom is 0.257 e.